The van der Waals surface area contributed by atoms with E-state index in [1.54, 1.807) is 6.92 Å². The molecule has 4 nitrogen and oxygen atoms in total. The van der Waals surface area contributed by atoms with Crippen LogP contribution in [-0.4, -0.2) is 30.9 Å². The Morgan fingerprint density at radius 2 is 2.14 bits per heavy atom. The van der Waals surface area contributed by atoms with Crippen LogP contribution in [-0.2, 0) is 9.53 Å². The van der Waals surface area contributed by atoms with Gasteiger partial charge in [0.05, 0.1) is 0 Å². The van der Waals surface area contributed by atoms with Crippen LogP contribution in [0.2, 0.25) is 0 Å². The molecule has 3 N–H and O–H groups in total. The van der Waals surface area contributed by atoms with Crippen molar-refractivity contribution in [1.82, 2.24) is 4.72 Å². The molecule has 7 heteroatoms. The molecule has 0 amide bonds. The van der Waals surface area contributed by atoms with E-state index < -0.39 is 0 Å². The average molecular weight is 265 g/mol. The van der Waals surface area contributed by atoms with Gasteiger partial charge in [-0.15, -0.1) is 24.8 Å². The van der Waals surface area contributed by atoms with Gasteiger partial charge in [0.25, 0.3) is 0 Å². The number of ether oxygens (including phenoxy) is 1. The van der Waals surface area contributed by atoms with E-state index in [1.807, 2.05) is 6.92 Å². The van der Waals surface area contributed by atoms with Crippen molar-refractivity contribution in [3.05, 3.63) is 0 Å². The van der Waals surface area contributed by atoms with E-state index in [9.17, 15) is 4.79 Å². The van der Waals surface area contributed by atoms with Gasteiger partial charge in [0.15, 0.2) is 0 Å². The zero-order chi connectivity index (χ0) is 9.40. The minimum Gasteiger partial charge on any atom is -0.463 e. The summed E-state index contributed by atoms with van der Waals surface area (Å²) in [6, 6.07) is -0.263. The van der Waals surface area contributed by atoms with Gasteiger partial charge in [-0.3, -0.25) is 9.52 Å². The largest absolute Gasteiger partial charge is 0.463 e. The number of halogens is 2. The van der Waals surface area contributed by atoms with Crippen molar-refractivity contribution in [1.29, 1.82) is 0 Å². The van der Waals surface area contributed by atoms with Gasteiger partial charge < -0.3 is 10.5 Å². The zero-order valence-corrected chi connectivity index (χ0v) is 10.8. The van der Waals surface area contributed by atoms with Gasteiger partial charge in [-0.05, 0) is 6.92 Å². The lowest BCUT2D eigenvalue weighted by atomic mass is 10.4. The highest BCUT2D eigenvalue weighted by atomic mass is 35.5. The summed E-state index contributed by atoms with van der Waals surface area (Å²) in [6.45, 7) is 4.44. The van der Waals surface area contributed by atoms with Gasteiger partial charge >= 0.3 is 5.97 Å². The van der Waals surface area contributed by atoms with E-state index in [0.29, 0.717) is 13.2 Å². The first kappa shape index (κ1) is 19.8. The summed E-state index contributed by atoms with van der Waals surface area (Å²) in [5, 5.41) is 0. The van der Waals surface area contributed by atoms with Crippen LogP contribution in [0.15, 0.2) is 0 Å². The van der Waals surface area contributed by atoms with Crippen molar-refractivity contribution in [3.8, 4) is 0 Å². The van der Waals surface area contributed by atoms with Crippen molar-refractivity contribution >= 4 is 42.7 Å². The molecule has 0 saturated carbocycles. The number of nitrogens with two attached hydrogens (primary N) is 1. The Balaban J connectivity index is -0.000000605. The van der Waals surface area contributed by atoms with Gasteiger partial charge in [-0.2, -0.15) is 0 Å². The third-order valence-electron chi connectivity index (χ3n) is 1.12. The van der Waals surface area contributed by atoms with Crippen molar-refractivity contribution in [2.45, 2.75) is 19.9 Å². The van der Waals surface area contributed by atoms with E-state index >= 15 is 0 Å². The van der Waals surface area contributed by atoms with E-state index in [4.69, 9.17) is 10.5 Å². The van der Waals surface area contributed by atoms with Crippen molar-refractivity contribution in [2.75, 3.05) is 18.9 Å². The Labute approximate surface area is 102 Å². The molecule has 88 valence electrons. The molecule has 0 aliphatic carbocycles. The number of esters is 1. The number of hydrogen-bond donors (Lipinski definition) is 2. The quantitative estimate of drug-likeness (QED) is 0.553. The molecule has 0 aromatic heterocycles. The molecule has 0 rings (SSSR count). The molecule has 0 fully saturated rings. The summed E-state index contributed by atoms with van der Waals surface area (Å²) in [6.07, 6.45) is 0. The minimum atomic E-state index is -0.263. The van der Waals surface area contributed by atoms with Crippen LogP contribution in [0.3, 0.4) is 0 Å². The van der Waals surface area contributed by atoms with Crippen molar-refractivity contribution < 1.29 is 9.53 Å². The molecule has 0 spiro atoms. The maximum atomic E-state index is 11.1. The van der Waals surface area contributed by atoms with Crippen LogP contribution in [0.25, 0.3) is 0 Å². The lowest BCUT2D eigenvalue weighted by Crippen LogP contribution is -2.32. The smallest absolute Gasteiger partial charge is 0.323 e. The molecule has 0 aromatic rings. The summed E-state index contributed by atoms with van der Waals surface area (Å²) in [5.41, 5.74) is 5.17. The van der Waals surface area contributed by atoms with E-state index in [1.165, 1.54) is 11.9 Å². The fourth-order valence-electron chi connectivity index (χ4n) is 0.541. The highest BCUT2D eigenvalue weighted by Gasteiger charge is 2.12. The normalized spacial score (nSPS) is 10.8. The van der Waals surface area contributed by atoms with Crippen molar-refractivity contribution in [3.63, 3.8) is 0 Å². The average Bonchev–Trinajstić information content (AvgIpc) is 2.10. The highest BCUT2D eigenvalue weighted by molar-refractivity contribution is 7.97. The topological polar surface area (TPSA) is 64.3 Å². The summed E-state index contributed by atoms with van der Waals surface area (Å²) in [4.78, 5) is 11.1. The lowest BCUT2D eigenvalue weighted by molar-refractivity contribution is -0.144. The second kappa shape index (κ2) is 13.3. The third kappa shape index (κ3) is 10.4. The van der Waals surface area contributed by atoms with Gasteiger partial charge in [-0.25, -0.2) is 0 Å². The second-order valence-electron chi connectivity index (χ2n) is 2.23. The predicted octanol–water partition coefficient (Wildman–Crippen LogP) is 0.978. The van der Waals surface area contributed by atoms with E-state index in [-0.39, 0.29) is 36.8 Å². The molecule has 0 radical (unpaired) electrons. The molecule has 0 saturated heterocycles. The van der Waals surface area contributed by atoms with Gasteiger partial charge in [0.2, 0.25) is 0 Å². The summed E-state index contributed by atoms with van der Waals surface area (Å²) in [5.74, 6) is 0.676. The first-order valence-electron chi connectivity index (χ1n) is 3.96. The van der Waals surface area contributed by atoms with E-state index in [2.05, 4.69) is 4.72 Å². The predicted molar refractivity (Wildman–Crippen MR) is 65.2 cm³/mol. The van der Waals surface area contributed by atoms with Gasteiger partial charge in [0.1, 0.15) is 12.6 Å². The number of carbonyl (C=O) groups excluding carboxylic acids is 1. The standard InChI is InChI=1S/C7H16N2O2S.2ClH/c1-3-12-9-6(2)7(10)11-5-4-8;;/h6,9H,3-5,8H2,1-2H3;2*1H/t6-;;/m0../s1. The molecular formula is C7H18Cl2N2O2S. The molecule has 0 aliphatic rings. The molecule has 0 heterocycles. The Morgan fingerprint density at radius 3 is 2.57 bits per heavy atom. The van der Waals surface area contributed by atoms with Crippen LogP contribution in [0.1, 0.15) is 13.8 Å². The van der Waals surface area contributed by atoms with Crippen LogP contribution < -0.4 is 10.5 Å². The molecular weight excluding hydrogens is 247 g/mol. The Hall–Kier alpha value is 0.320. The zero-order valence-electron chi connectivity index (χ0n) is 8.32. The Bertz CT molecular complexity index is 141. The summed E-state index contributed by atoms with van der Waals surface area (Å²) in [7, 11) is 0. The van der Waals surface area contributed by atoms with E-state index in [0.717, 1.165) is 5.75 Å². The second-order valence-corrected chi connectivity index (χ2v) is 3.33. The SMILES string of the molecule is CCSN[C@@H](C)C(=O)OCCN.Cl.Cl. The van der Waals surface area contributed by atoms with Crippen LogP contribution in [0.5, 0.6) is 0 Å². The van der Waals surface area contributed by atoms with Crippen LogP contribution in [0, 0.1) is 0 Å². The summed E-state index contributed by atoms with van der Waals surface area (Å²) >= 11 is 1.50. The fraction of sp³-hybridized carbons (Fsp3) is 0.857. The molecule has 0 aliphatic heterocycles. The first-order valence-corrected chi connectivity index (χ1v) is 4.95. The summed E-state index contributed by atoms with van der Waals surface area (Å²) < 4.78 is 7.75. The number of carbonyl (C=O) groups is 1. The van der Waals surface area contributed by atoms with Gasteiger partial charge in [-0.1, -0.05) is 18.9 Å². The number of rotatable bonds is 6. The number of nitrogens with one attached hydrogen (secondary N) is 1. The molecule has 14 heavy (non-hydrogen) atoms. The van der Waals surface area contributed by atoms with Crippen LogP contribution >= 0.6 is 36.8 Å². The third-order valence-corrected chi connectivity index (χ3v) is 1.93. The van der Waals surface area contributed by atoms with Gasteiger partial charge in [0, 0.05) is 12.3 Å². The monoisotopic (exact) mass is 264 g/mol. The highest BCUT2D eigenvalue weighted by Crippen LogP contribution is 1.96. The molecule has 0 bridgehead atoms. The maximum absolute atomic E-state index is 11.1. The molecule has 0 aromatic carbocycles. The van der Waals surface area contributed by atoms with Crippen molar-refractivity contribution in [2.24, 2.45) is 5.73 Å². The lowest BCUT2D eigenvalue weighted by Gasteiger charge is -2.10. The molecule has 0 unspecified atom stereocenters. The minimum absolute atomic E-state index is 0. The first-order chi connectivity index (χ1) is 5.72. The Kier molecular flexibility index (Phi) is 18.9. The maximum Gasteiger partial charge on any atom is 0.323 e. The van der Waals surface area contributed by atoms with Crippen LogP contribution in [0.4, 0.5) is 0 Å². The number of hydrogen-bond acceptors (Lipinski definition) is 5. The molecule has 1 atom stereocenters. The fourth-order valence-corrected chi connectivity index (χ4v) is 1.05. The Morgan fingerprint density at radius 1 is 1.57 bits per heavy atom.